The van der Waals surface area contributed by atoms with Crippen LogP contribution in [0.4, 0.5) is 0 Å². The third-order valence-corrected chi connectivity index (χ3v) is 9.28. The number of fused-ring (bicyclic) bond motifs is 4. The maximum Gasteiger partial charge on any atom is 1.00 e. The molecule has 14 heteroatoms. The van der Waals surface area contributed by atoms with Crippen LogP contribution in [0, 0.1) is 0 Å². The van der Waals surface area contributed by atoms with Gasteiger partial charge in [0.15, 0.2) is 23.1 Å². The molecule has 0 amide bonds. The van der Waals surface area contributed by atoms with Gasteiger partial charge in [0.05, 0.1) is 20.2 Å². The van der Waals surface area contributed by atoms with Crippen LogP contribution in [0.25, 0.3) is 0 Å². The molecular formula is C34H26Na2O10S2. The number of aryl methyl sites for hydroxylation is 2. The Labute approximate surface area is 322 Å². The van der Waals surface area contributed by atoms with Crippen LogP contribution in [0.3, 0.4) is 0 Å². The maximum absolute atomic E-state index is 12.9. The van der Waals surface area contributed by atoms with Crippen LogP contribution in [-0.2, 0) is 33.1 Å². The Morgan fingerprint density at radius 2 is 0.688 bits per heavy atom. The van der Waals surface area contributed by atoms with E-state index in [9.17, 15) is 45.1 Å². The molecule has 0 unspecified atom stereocenters. The van der Waals surface area contributed by atoms with Crippen molar-refractivity contribution in [3.8, 4) is 0 Å². The summed E-state index contributed by atoms with van der Waals surface area (Å²) in [5, 5.41) is 0. The number of benzene rings is 4. The molecule has 0 aliphatic heterocycles. The van der Waals surface area contributed by atoms with Crippen LogP contribution in [-0.4, -0.2) is 60.6 Å². The van der Waals surface area contributed by atoms with E-state index in [1.807, 2.05) is 0 Å². The Balaban J connectivity index is 0.000000293. The molecule has 0 aromatic heterocycles. The van der Waals surface area contributed by atoms with Crippen LogP contribution in [0.2, 0.25) is 0 Å². The number of hydrogen-bond acceptors (Lipinski definition) is 10. The molecule has 0 radical (unpaired) electrons. The summed E-state index contributed by atoms with van der Waals surface area (Å²) in [6.45, 7) is 0. The second kappa shape index (κ2) is 16.4. The molecule has 0 bridgehead atoms. The Bertz CT molecular complexity index is 1940. The molecule has 0 fully saturated rings. The molecule has 2 aliphatic rings. The van der Waals surface area contributed by atoms with Crippen molar-refractivity contribution >= 4 is 43.4 Å². The Hall–Kier alpha value is -2.62. The zero-order valence-electron chi connectivity index (χ0n) is 26.2. The average Bonchev–Trinajstić information content (AvgIpc) is 3.01. The summed E-state index contributed by atoms with van der Waals surface area (Å²) in [7, 11) is -8.62. The second-order valence-electron chi connectivity index (χ2n) is 10.9. The minimum absolute atomic E-state index is 0. The van der Waals surface area contributed by atoms with E-state index in [2.05, 4.69) is 0 Å². The van der Waals surface area contributed by atoms with Gasteiger partial charge in [-0.2, -0.15) is 0 Å². The summed E-state index contributed by atoms with van der Waals surface area (Å²) in [5.74, 6) is -1.82. The van der Waals surface area contributed by atoms with Gasteiger partial charge in [-0.15, -0.1) is 0 Å². The quantitative estimate of drug-likeness (QED) is 0.126. The summed E-state index contributed by atoms with van der Waals surface area (Å²) in [5.41, 5.74) is 4.23. The monoisotopic (exact) mass is 704 g/mol. The summed E-state index contributed by atoms with van der Waals surface area (Å²) < 4.78 is 64.4. The summed E-state index contributed by atoms with van der Waals surface area (Å²) in [4.78, 5) is 50.0. The normalized spacial score (nSPS) is 13.0. The van der Waals surface area contributed by atoms with Gasteiger partial charge in [-0.25, -0.2) is 16.8 Å². The van der Waals surface area contributed by atoms with Gasteiger partial charge in [0.1, 0.15) is 0 Å². The summed E-state index contributed by atoms with van der Waals surface area (Å²) in [6.07, 6.45) is 0.798. The molecule has 10 nitrogen and oxygen atoms in total. The standard InChI is InChI=1S/C20H20O8S2.C14H8O2.2Na/c21-19-16-8-6-14(4-2-10-30(26,27)28)12-18(16)20(22)15-7-5-13(11-17(15)19)3-1-9-29(23,24)25;15-13-9-5-1-2-6-10(9)14(16)12-8-4-3-7-11(12)13;;/h5-8,11-12H,1-4,9-10H2,(H,23,24,25)(H,26,27,28);1-8H;;/q;;2*+1/p-2. The first kappa shape index (κ1) is 39.8. The molecule has 4 aromatic carbocycles. The van der Waals surface area contributed by atoms with Gasteiger partial charge >= 0.3 is 59.1 Å². The predicted octanol–water partition coefficient (Wildman–Crippen LogP) is -2.11. The largest absolute Gasteiger partial charge is 1.00 e. The Kier molecular flexibility index (Phi) is 13.6. The SMILES string of the molecule is O=C1c2ccc(CCCS(=O)(=O)[O-])cc2C(=O)c2ccc(CCCS(=O)(=O)[O-])cc21.O=C1c2ccccc2C(=O)c2ccccc21.[Na+].[Na+]. The van der Waals surface area contributed by atoms with Gasteiger partial charge in [0, 0.05) is 56.0 Å². The van der Waals surface area contributed by atoms with E-state index in [0.29, 0.717) is 33.4 Å². The van der Waals surface area contributed by atoms with Crippen LogP contribution in [0.1, 0.15) is 87.7 Å². The first-order chi connectivity index (χ1) is 21.7. The summed E-state index contributed by atoms with van der Waals surface area (Å²) >= 11 is 0. The fraction of sp³-hybridized carbons (Fsp3) is 0.176. The fourth-order valence-electron chi connectivity index (χ4n) is 5.51. The van der Waals surface area contributed by atoms with Crippen molar-refractivity contribution < 1.29 is 104 Å². The van der Waals surface area contributed by atoms with Crippen molar-refractivity contribution in [2.75, 3.05) is 11.5 Å². The third-order valence-electron chi connectivity index (χ3n) is 7.70. The number of rotatable bonds is 8. The molecular weight excluding hydrogens is 678 g/mol. The minimum atomic E-state index is -4.31. The predicted molar refractivity (Wildman–Crippen MR) is 165 cm³/mol. The first-order valence-electron chi connectivity index (χ1n) is 14.2. The van der Waals surface area contributed by atoms with Crippen molar-refractivity contribution in [2.45, 2.75) is 25.7 Å². The van der Waals surface area contributed by atoms with Crippen molar-refractivity contribution in [1.82, 2.24) is 0 Å². The van der Waals surface area contributed by atoms with Gasteiger partial charge < -0.3 is 9.11 Å². The van der Waals surface area contributed by atoms with Gasteiger partial charge in [0.25, 0.3) is 0 Å². The van der Waals surface area contributed by atoms with Crippen LogP contribution in [0.15, 0.2) is 84.9 Å². The number of carbonyl (C=O) groups is 4. The van der Waals surface area contributed by atoms with Crippen LogP contribution >= 0.6 is 0 Å². The zero-order chi connectivity index (χ0) is 33.2. The topological polar surface area (TPSA) is 183 Å². The van der Waals surface area contributed by atoms with E-state index in [1.165, 1.54) is 12.1 Å². The van der Waals surface area contributed by atoms with Crippen molar-refractivity contribution in [3.05, 3.63) is 141 Å². The van der Waals surface area contributed by atoms with E-state index >= 15 is 0 Å². The molecule has 2 aliphatic carbocycles. The fourth-order valence-corrected chi connectivity index (χ4v) is 6.51. The van der Waals surface area contributed by atoms with E-state index in [0.717, 1.165) is 0 Å². The van der Waals surface area contributed by atoms with E-state index < -0.39 is 31.7 Å². The third kappa shape index (κ3) is 9.33. The molecule has 0 saturated carbocycles. The van der Waals surface area contributed by atoms with E-state index in [4.69, 9.17) is 0 Å². The molecule has 0 saturated heterocycles. The van der Waals surface area contributed by atoms with E-state index in [1.54, 1.807) is 72.8 Å². The molecule has 0 N–H and O–H groups in total. The smallest absolute Gasteiger partial charge is 0.748 e. The first-order valence-corrected chi connectivity index (χ1v) is 17.4. The van der Waals surface area contributed by atoms with Crippen molar-refractivity contribution in [1.29, 1.82) is 0 Å². The molecule has 4 aromatic rings. The molecule has 6 rings (SSSR count). The van der Waals surface area contributed by atoms with Gasteiger partial charge in [-0.3, -0.25) is 19.2 Å². The van der Waals surface area contributed by atoms with Crippen LogP contribution < -0.4 is 59.1 Å². The van der Waals surface area contributed by atoms with Crippen molar-refractivity contribution in [2.24, 2.45) is 0 Å². The number of carbonyl (C=O) groups excluding carboxylic acids is 4. The molecule has 0 atom stereocenters. The van der Waals surface area contributed by atoms with Crippen LogP contribution in [0.5, 0.6) is 0 Å². The second-order valence-corrected chi connectivity index (χ2v) is 13.9. The van der Waals surface area contributed by atoms with Gasteiger partial charge in [0.2, 0.25) is 0 Å². The van der Waals surface area contributed by atoms with E-state index in [-0.39, 0.29) is 130 Å². The molecule has 0 spiro atoms. The molecule has 236 valence electrons. The van der Waals surface area contributed by atoms with Crippen molar-refractivity contribution in [3.63, 3.8) is 0 Å². The van der Waals surface area contributed by atoms with Gasteiger partial charge in [-0.05, 0) is 48.9 Å². The Morgan fingerprint density at radius 3 is 0.979 bits per heavy atom. The Morgan fingerprint density at radius 1 is 0.417 bits per heavy atom. The average molecular weight is 705 g/mol. The molecule has 48 heavy (non-hydrogen) atoms. The maximum atomic E-state index is 12.9. The minimum Gasteiger partial charge on any atom is -0.748 e. The van der Waals surface area contributed by atoms with Gasteiger partial charge in [-0.1, -0.05) is 72.8 Å². The summed E-state index contributed by atoms with van der Waals surface area (Å²) in [6, 6.07) is 23.3. The zero-order valence-corrected chi connectivity index (χ0v) is 31.9. The number of ketones is 4. The molecule has 0 heterocycles. The number of hydrogen-bond donors (Lipinski definition) is 0.